The van der Waals surface area contributed by atoms with E-state index in [-0.39, 0.29) is 27.4 Å². The van der Waals surface area contributed by atoms with Crippen LogP contribution in [0.25, 0.3) is 6.08 Å². The van der Waals surface area contributed by atoms with Gasteiger partial charge in [0.2, 0.25) is 5.91 Å². The van der Waals surface area contributed by atoms with E-state index in [1.807, 2.05) is 0 Å². The van der Waals surface area contributed by atoms with Gasteiger partial charge in [-0.15, -0.1) is 23.2 Å². The quantitative estimate of drug-likeness (QED) is 0.222. The van der Waals surface area contributed by atoms with Crippen LogP contribution in [0.1, 0.15) is 33.0 Å². The lowest BCUT2D eigenvalue weighted by Crippen LogP contribution is -2.17. The standard InChI is InChI=1S/C26H16Cl5F2NO2/c1-2-12-7-16(32)9-21(33)18(12)11-22(35)19-10-17(3-4-20(19)29)34-25(36)24-23(26(24,30)31)13-5-14(27)8-15(28)6-13/h2-10,23-24H,1,11H2,(H,34,36). The van der Waals surface area contributed by atoms with Crippen molar-refractivity contribution in [1.29, 1.82) is 0 Å². The minimum atomic E-state index is -1.38. The number of hydrogen-bond donors (Lipinski definition) is 1. The van der Waals surface area contributed by atoms with E-state index in [2.05, 4.69) is 11.9 Å². The van der Waals surface area contributed by atoms with Crippen LogP contribution in [0.2, 0.25) is 15.1 Å². The third-order valence-corrected chi connectivity index (χ3v) is 7.57. The molecule has 2 unspecified atom stereocenters. The van der Waals surface area contributed by atoms with E-state index < -0.39 is 45.9 Å². The van der Waals surface area contributed by atoms with Crippen LogP contribution in [0.3, 0.4) is 0 Å². The van der Waals surface area contributed by atoms with Crippen LogP contribution in [0, 0.1) is 17.6 Å². The molecule has 0 radical (unpaired) electrons. The van der Waals surface area contributed by atoms with E-state index in [9.17, 15) is 18.4 Å². The van der Waals surface area contributed by atoms with Crippen molar-refractivity contribution in [3.63, 3.8) is 0 Å². The summed E-state index contributed by atoms with van der Waals surface area (Å²) in [6.07, 6.45) is 0.869. The zero-order chi connectivity index (χ0) is 26.4. The van der Waals surface area contributed by atoms with Crippen molar-refractivity contribution in [3.05, 3.63) is 104 Å². The normalized spacial score (nSPS) is 18.0. The molecule has 10 heteroatoms. The van der Waals surface area contributed by atoms with Crippen molar-refractivity contribution >= 4 is 81.5 Å². The van der Waals surface area contributed by atoms with Gasteiger partial charge in [-0.1, -0.05) is 47.5 Å². The van der Waals surface area contributed by atoms with Crippen LogP contribution >= 0.6 is 58.0 Å². The zero-order valence-electron chi connectivity index (χ0n) is 18.2. The number of Topliss-reactive ketones (excluding diaryl/α,β-unsaturated/α-hetero) is 1. The van der Waals surface area contributed by atoms with Crippen LogP contribution in [-0.4, -0.2) is 16.0 Å². The Morgan fingerprint density at radius 3 is 2.31 bits per heavy atom. The van der Waals surface area contributed by atoms with Gasteiger partial charge in [0.1, 0.15) is 16.0 Å². The lowest BCUT2D eigenvalue weighted by Gasteiger charge is -2.11. The Morgan fingerprint density at radius 1 is 1.00 bits per heavy atom. The van der Waals surface area contributed by atoms with Gasteiger partial charge in [0.05, 0.1) is 10.9 Å². The molecule has 0 heterocycles. The van der Waals surface area contributed by atoms with Crippen LogP contribution in [0.15, 0.2) is 55.1 Å². The number of anilines is 1. The first-order chi connectivity index (χ1) is 16.9. The monoisotopic (exact) mass is 587 g/mol. The summed E-state index contributed by atoms with van der Waals surface area (Å²) in [6, 6.07) is 10.9. The highest BCUT2D eigenvalue weighted by Gasteiger charge is 2.67. The van der Waals surface area contributed by atoms with Gasteiger partial charge in [0.25, 0.3) is 0 Å². The van der Waals surface area contributed by atoms with Gasteiger partial charge in [-0.25, -0.2) is 8.78 Å². The number of benzene rings is 3. The predicted octanol–water partition coefficient (Wildman–Crippen LogP) is 8.52. The molecule has 0 aliphatic heterocycles. The number of halogens is 7. The first kappa shape index (κ1) is 26.9. The average Bonchev–Trinajstić information content (AvgIpc) is 3.38. The second-order valence-corrected chi connectivity index (χ2v) is 11.0. The fourth-order valence-electron chi connectivity index (χ4n) is 4.11. The van der Waals surface area contributed by atoms with Gasteiger partial charge < -0.3 is 5.32 Å². The minimum Gasteiger partial charge on any atom is -0.326 e. The van der Waals surface area contributed by atoms with E-state index >= 15 is 0 Å². The Hall–Kier alpha value is -2.15. The van der Waals surface area contributed by atoms with Gasteiger partial charge >= 0.3 is 0 Å². The smallest absolute Gasteiger partial charge is 0.231 e. The topological polar surface area (TPSA) is 46.2 Å². The molecule has 3 aromatic rings. The van der Waals surface area contributed by atoms with E-state index in [1.54, 1.807) is 18.2 Å². The van der Waals surface area contributed by atoms with Gasteiger partial charge in [0.15, 0.2) is 5.78 Å². The third kappa shape index (κ3) is 5.41. The summed E-state index contributed by atoms with van der Waals surface area (Å²) in [6.45, 7) is 3.54. The fraction of sp³-hybridized carbons (Fsp3) is 0.154. The minimum absolute atomic E-state index is 0.0167. The summed E-state index contributed by atoms with van der Waals surface area (Å²) in [5.41, 5.74) is 1.06. The first-order valence-corrected chi connectivity index (χ1v) is 12.4. The van der Waals surface area contributed by atoms with Gasteiger partial charge in [-0.3, -0.25) is 9.59 Å². The number of alkyl halides is 2. The molecule has 3 nitrogen and oxygen atoms in total. The Bertz CT molecular complexity index is 1390. The first-order valence-electron chi connectivity index (χ1n) is 10.5. The molecule has 1 fully saturated rings. The predicted molar refractivity (Wildman–Crippen MR) is 142 cm³/mol. The Balaban J connectivity index is 1.54. The fourth-order valence-corrected chi connectivity index (χ4v) is 5.70. The molecular weight excluding hydrogens is 574 g/mol. The summed E-state index contributed by atoms with van der Waals surface area (Å²) < 4.78 is 26.5. The van der Waals surface area contributed by atoms with E-state index in [0.29, 0.717) is 21.7 Å². The lowest BCUT2D eigenvalue weighted by molar-refractivity contribution is -0.117. The summed E-state index contributed by atoms with van der Waals surface area (Å²) in [7, 11) is 0. The van der Waals surface area contributed by atoms with Crippen molar-refractivity contribution in [1.82, 2.24) is 0 Å². The average molecular weight is 590 g/mol. The SMILES string of the molecule is C=Cc1cc(F)cc(F)c1CC(=O)c1cc(NC(=O)C2C(c3cc(Cl)cc(Cl)c3)C2(Cl)Cl)ccc1Cl. The second kappa shape index (κ2) is 10.3. The number of ketones is 1. The third-order valence-electron chi connectivity index (χ3n) is 5.87. The molecule has 1 saturated carbocycles. The molecule has 1 aliphatic rings. The number of hydrogen-bond acceptors (Lipinski definition) is 2. The molecule has 4 rings (SSSR count). The molecule has 1 N–H and O–H groups in total. The van der Waals surface area contributed by atoms with Gasteiger partial charge in [-0.05, 0) is 53.6 Å². The summed E-state index contributed by atoms with van der Waals surface area (Å²) in [4.78, 5) is 26.0. The molecular formula is C26H16Cl5F2NO2. The van der Waals surface area contributed by atoms with Crippen molar-refractivity contribution in [2.75, 3.05) is 5.32 Å². The number of amides is 1. The maximum atomic E-state index is 14.3. The highest BCUT2D eigenvalue weighted by atomic mass is 35.5. The highest BCUT2D eigenvalue weighted by molar-refractivity contribution is 6.53. The molecule has 0 aromatic heterocycles. The van der Waals surface area contributed by atoms with E-state index in [1.165, 1.54) is 24.3 Å². The van der Waals surface area contributed by atoms with E-state index in [0.717, 1.165) is 6.07 Å². The molecule has 0 spiro atoms. The molecule has 2 atom stereocenters. The molecule has 36 heavy (non-hydrogen) atoms. The number of carbonyl (C=O) groups is 2. The van der Waals surface area contributed by atoms with Crippen molar-refractivity contribution in [2.45, 2.75) is 16.7 Å². The van der Waals surface area contributed by atoms with Crippen molar-refractivity contribution in [2.24, 2.45) is 5.92 Å². The number of carbonyl (C=O) groups excluding carboxylic acids is 2. The van der Waals surface area contributed by atoms with Crippen molar-refractivity contribution < 1.29 is 18.4 Å². The second-order valence-electron chi connectivity index (χ2n) is 8.28. The Morgan fingerprint density at radius 2 is 1.67 bits per heavy atom. The van der Waals surface area contributed by atoms with Gasteiger partial charge in [0, 0.05) is 45.3 Å². The van der Waals surface area contributed by atoms with Crippen LogP contribution < -0.4 is 5.32 Å². The zero-order valence-corrected chi connectivity index (χ0v) is 22.0. The lowest BCUT2D eigenvalue weighted by atomic mass is 9.97. The molecule has 1 aliphatic carbocycles. The maximum Gasteiger partial charge on any atom is 0.231 e. The van der Waals surface area contributed by atoms with Gasteiger partial charge in [-0.2, -0.15) is 0 Å². The van der Waals surface area contributed by atoms with Crippen LogP contribution in [-0.2, 0) is 11.2 Å². The molecule has 1 amide bonds. The summed E-state index contributed by atoms with van der Waals surface area (Å²) in [5.74, 6) is -4.04. The summed E-state index contributed by atoms with van der Waals surface area (Å²) >= 11 is 31.1. The molecule has 0 saturated heterocycles. The maximum absolute atomic E-state index is 14.3. The van der Waals surface area contributed by atoms with E-state index in [4.69, 9.17) is 58.0 Å². The van der Waals surface area contributed by atoms with Crippen molar-refractivity contribution in [3.8, 4) is 0 Å². The number of rotatable bonds is 7. The molecule has 186 valence electrons. The molecule has 3 aromatic carbocycles. The highest BCUT2D eigenvalue weighted by Crippen LogP contribution is 2.65. The largest absolute Gasteiger partial charge is 0.326 e. The van der Waals surface area contributed by atoms with Crippen LogP contribution in [0.5, 0.6) is 0 Å². The molecule has 0 bridgehead atoms. The number of nitrogens with one attached hydrogen (secondary N) is 1. The van der Waals surface area contributed by atoms with Crippen LogP contribution in [0.4, 0.5) is 14.5 Å². The summed E-state index contributed by atoms with van der Waals surface area (Å²) in [5, 5.41) is 3.55. The Labute approximate surface area is 230 Å². The Kier molecular flexibility index (Phi) is 7.70.